The van der Waals surface area contributed by atoms with E-state index in [0.29, 0.717) is 17.5 Å². The molecule has 5 heteroatoms. The fourth-order valence-corrected chi connectivity index (χ4v) is 3.55. The molecule has 0 aliphatic carbocycles. The molecule has 1 aromatic rings. The fourth-order valence-electron chi connectivity index (χ4n) is 3.06. The number of nitrogens with one attached hydrogen (secondary N) is 1. The van der Waals surface area contributed by atoms with Gasteiger partial charge in [-0.25, -0.2) is 0 Å². The third-order valence-corrected chi connectivity index (χ3v) is 4.75. The van der Waals surface area contributed by atoms with E-state index in [1.54, 1.807) is 18.2 Å². The summed E-state index contributed by atoms with van der Waals surface area (Å²) in [7, 11) is 0. The zero-order valence-corrected chi connectivity index (χ0v) is 12.8. The number of hydrogen-bond acceptors (Lipinski definition) is 3. The lowest BCUT2D eigenvalue weighted by Crippen LogP contribution is -2.41. The zero-order chi connectivity index (χ0) is 13.4. The van der Waals surface area contributed by atoms with Crippen molar-refractivity contribution in [3.8, 4) is 5.75 Å². The zero-order valence-electron chi connectivity index (χ0n) is 10.6. The second kappa shape index (κ2) is 5.28. The number of halogens is 1. The topological polar surface area (TPSA) is 52.6 Å². The van der Waals surface area contributed by atoms with Crippen LogP contribution in [-0.4, -0.2) is 41.6 Å². The van der Waals surface area contributed by atoms with Gasteiger partial charge < -0.3 is 15.3 Å². The van der Waals surface area contributed by atoms with Gasteiger partial charge in [0, 0.05) is 22.7 Å². The maximum Gasteiger partial charge on any atom is 0.257 e. The quantitative estimate of drug-likeness (QED) is 0.740. The van der Waals surface area contributed by atoms with Crippen molar-refractivity contribution in [1.29, 1.82) is 0 Å². The number of nitrogens with zero attached hydrogens (tertiary/aromatic N) is 1. The standard InChI is InChI=1S/C14H17IN2O2/c15-10-3-4-13(18)11(6-10)14(19)17-7-9-2-1-5-16-12(9)8-17/h3-4,6,9,12,16,18H,1-2,5,7-8H2. The van der Waals surface area contributed by atoms with Gasteiger partial charge in [-0.2, -0.15) is 0 Å². The van der Waals surface area contributed by atoms with E-state index in [-0.39, 0.29) is 11.7 Å². The normalized spacial score (nSPS) is 26.3. The molecule has 2 saturated heterocycles. The minimum absolute atomic E-state index is 0.0489. The van der Waals surface area contributed by atoms with Crippen LogP contribution in [0.5, 0.6) is 5.75 Å². The Morgan fingerprint density at radius 2 is 2.26 bits per heavy atom. The van der Waals surface area contributed by atoms with Crippen molar-refractivity contribution in [1.82, 2.24) is 10.2 Å². The van der Waals surface area contributed by atoms with Gasteiger partial charge in [-0.05, 0) is 66.1 Å². The number of benzene rings is 1. The number of phenolic OH excluding ortho intramolecular Hbond substituents is 1. The molecule has 4 nitrogen and oxygen atoms in total. The van der Waals surface area contributed by atoms with Gasteiger partial charge in [-0.1, -0.05) is 0 Å². The Labute approximate surface area is 126 Å². The second-order valence-electron chi connectivity index (χ2n) is 5.33. The molecule has 2 heterocycles. The van der Waals surface area contributed by atoms with Crippen LogP contribution in [0.15, 0.2) is 18.2 Å². The number of carbonyl (C=O) groups is 1. The molecular weight excluding hydrogens is 355 g/mol. The second-order valence-corrected chi connectivity index (χ2v) is 6.58. The average Bonchev–Trinajstić information content (AvgIpc) is 2.84. The first-order valence-electron chi connectivity index (χ1n) is 6.66. The third-order valence-electron chi connectivity index (χ3n) is 4.08. The molecule has 2 fully saturated rings. The minimum atomic E-state index is -0.0489. The Kier molecular flexibility index (Phi) is 3.66. The molecule has 2 atom stereocenters. The van der Waals surface area contributed by atoms with Crippen molar-refractivity contribution in [3.63, 3.8) is 0 Å². The summed E-state index contributed by atoms with van der Waals surface area (Å²) in [5.74, 6) is 0.600. The Balaban J connectivity index is 1.79. The van der Waals surface area contributed by atoms with Crippen LogP contribution in [0.1, 0.15) is 23.2 Å². The highest BCUT2D eigenvalue weighted by atomic mass is 127. The first-order chi connectivity index (χ1) is 9.15. The van der Waals surface area contributed by atoms with Crippen LogP contribution in [0.3, 0.4) is 0 Å². The summed E-state index contributed by atoms with van der Waals surface area (Å²) in [6.45, 7) is 2.62. The van der Waals surface area contributed by atoms with Crippen LogP contribution in [0.25, 0.3) is 0 Å². The molecular formula is C14H17IN2O2. The highest BCUT2D eigenvalue weighted by Gasteiger charge is 2.37. The fraction of sp³-hybridized carbons (Fsp3) is 0.500. The summed E-state index contributed by atoms with van der Waals surface area (Å²) in [6, 6.07) is 5.59. The summed E-state index contributed by atoms with van der Waals surface area (Å²) < 4.78 is 0.966. The predicted octanol–water partition coefficient (Wildman–Crippen LogP) is 1.82. The van der Waals surface area contributed by atoms with E-state index < -0.39 is 0 Å². The SMILES string of the molecule is O=C(c1cc(I)ccc1O)N1CC2CCCNC2C1. The Bertz CT molecular complexity index is 492. The Hall–Kier alpha value is -0.820. The maximum atomic E-state index is 12.5. The number of rotatable bonds is 1. The molecule has 0 aromatic heterocycles. The van der Waals surface area contributed by atoms with Gasteiger partial charge in [0.25, 0.3) is 5.91 Å². The van der Waals surface area contributed by atoms with Gasteiger partial charge >= 0.3 is 0 Å². The molecule has 1 amide bonds. The molecule has 102 valence electrons. The van der Waals surface area contributed by atoms with E-state index in [1.807, 2.05) is 4.90 Å². The number of piperidine rings is 1. The molecule has 0 bridgehead atoms. The lowest BCUT2D eigenvalue weighted by molar-refractivity contribution is 0.0782. The first kappa shape index (κ1) is 13.2. The van der Waals surface area contributed by atoms with Crippen molar-refractivity contribution in [2.24, 2.45) is 5.92 Å². The monoisotopic (exact) mass is 372 g/mol. The van der Waals surface area contributed by atoms with Gasteiger partial charge in [-0.15, -0.1) is 0 Å². The maximum absolute atomic E-state index is 12.5. The lowest BCUT2D eigenvalue weighted by Gasteiger charge is -2.24. The number of phenols is 1. The van der Waals surface area contributed by atoms with E-state index in [0.717, 1.165) is 23.2 Å². The van der Waals surface area contributed by atoms with Gasteiger partial charge in [0.1, 0.15) is 5.75 Å². The van der Waals surface area contributed by atoms with Crippen molar-refractivity contribution < 1.29 is 9.90 Å². The summed E-state index contributed by atoms with van der Waals surface area (Å²) in [6.07, 6.45) is 2.39. The van der Waals surface area contributed by atoms with E-state index in [2.05, 4.69) is 27.9 Å². The van der Waals surface area contributed by atoms with E-state index >= 15 is 0 Å². The van der Waals surface area contributed by atoms with Crippen LogP contribution >= 0.6 is 22.6 Å². The molecule has 2 N–H and O–H groups in total. The number of aromatic hydroxyl groups is 1. The lowest BCUT2D eigenvalue weighted by atomic mass is 9.94. The van der Waals surface area contributed by atoms with Crippen molar-refractivity contribution in [2.45, 2.75) is 18.9 Å². The summed E-state index contributed by atoms with van der Waals surface area (Å²) in [4.78, 5) is 14.4. The smallest absolute Gasteiger partial charge is 0.257 e. The Morgan fingerprint density at radius 3 is 3.05 bits per heavy atom. The highest BCUT2D eigenvalue weighted by molar-refractivity contribution is 14.1. The van der Waals surface area contributed by atoms with Crippen molar-refractivity contribution in [3.05, 3.63) is 27.3 Å². The first-order valence-corrected chi connectivity index (χ1v) is 7.74. The number of fused-ring (bicyclic) bond motifs is 1. The third kappa shape index (κ3) is 2.58. The van der Waals surface area contributed by atoms with Crippen molar-refractivity contribution in [2.75, 3.05) is 19.6 Å². The van der Waals surface area contributed by atoms with Crippen LogP contribution < -0.4 is 5.32 Å². The van der Waals surface area contributed by atoms with Gasteiger partial charge in [0.05, 0.1) is 5.56 Å². The molecule has 0 spiro atoms. The van der Waals surface area contributed by atoms with Crippen LogP contribution in [-0.2, 0) is 0 Å². The van der Waals surface area contributed by atoms with Crippen LogP contribution in [0, 0.1) is 9.49 Å². The molecule has 2 aliphatic heterocycles. The number of likely N-dealkylation sites (tertiary alicyclic amines) is 1. The van der Waals surface area contributed by atoms with Crippen LogP contribution in [0.2, 0.25) is 0 Å². The van der Waals surface area contributed by atoms with Crippen LogP contribution in [0.4, 0.5) is 0 Å². The van der Waals surface area contributed by atoms with E-state index in [9.17, 15) is 9.90 Å². The largest absolute Gasteiger partial charge is 0.507 e. The minimum Gasteiger partial charge on any atom is -0.507 e. The number of amides is 1. The van der Waals surface area contributed by atoms with Gasteiger partial charge in [-0.3, -0.25) is 4.79 Å². The van der Waals surface area contributed by atoms with Gasteiger partial charge in [0.15, 0.2) is 0 Å². The summed E-state index contributed by atoms with van der Waals surface area (Å²) in [5.41, 5.74) is 0.422. The predicted molar refractivity (Wildman–Crippen MR) is 81.2 cm³/mol. The summed E-state index contributed by atoms with van der Waals surface area (Å²) >= 11 is 2.16. The molecule has 2 aliphatic rings. The van der Waals surface area contributed by atoms with E-state index in [4.69, 9.17) is 0 Å². The molecule has 0 radical (unpaired) electrons. The highest BCUT2D eigenvalue weighted by Crippen LogP contribution is 2.28. The van der Waals surface area contributed by atoms with Gasteiger partial charge in [0.2, 0.25) is 0 Å². The van der Waals surface area contributed by atoms with E-state index in [1.165, 1.54) is 12.8 Å². The molecule has 19 heavy (non-hydrogen) atoms. The molecule has 3 rings (SSSR count). The average molecular weight is 372 g/mol. The summed E-state index contributed by atoms with van der Waals surface area (Å²) in [5, 5.41) is 13.3. The van der Waals surface area contributed by atoms with Crippen molar-refractivity contribution >= 4 is 28.5 Å². The number of carbonyl (C=O) groups excluding carboxylic acids is 1. The molecule has 1 aromatic carbocycles. The Morgan fingerprint density at radius 1 is 1.42 bits per heavy atom. The number of hydrogen-bond donors (Lipinski definition) is 2. The molecule has 0 saturated carbocycles. The molecule has 2 unspecified atom stereocenters.